The molecule has 1 amide bonds. The molecule has 2 aromatic rings. The zero-order chi connectivity index (χ0) is 20.4. The maximum atomic E-state index is 14.3. The molecular weight excluding hydrogens is 399 g/mol. The molecule has 1 fully saturated rings. The second-order valence-electron chi connectivity index (χ2n) is 6.98. The highest BCUT2D eigenvalue weighted by molar-refractivity contribution is 7.89. The number of sulfonamides is 1. The molecule has 29 heavy (non-hydrogen) atoms. The number of benzene rings is 2. The molecule has 0 saturated carbocycles. The molecule has 0 aromatic heterocycles. The highest BCUT2D eigenvalue weighted by Gasteiger charge is 2.29. The van der Waals surface area contributed by atoms with E-state index in [1.165, 1.54) is 10.4 Å². The summed E-state index contributed by atoms with van der Waals surface area (Å²) in [5, 5.41) is 2.72. The van der Waals surface area contributed by atoms with Crippen molar-refractivity contribution in [3.05, 3.63) is 53.3 Å². The largest absolute Gasteiger partial charge is 0.454 e. The Morgan fingerprint density at radius 1 is 1.03 bits per heavy atom. The first-order chi connectivity index (χ1) is 13.9. The summed E-state index contributed by atoms with van der Waals surface area (Å²) in [5.74, 6) is -0.0970. The standard InChI is InChI=1S/C20H21FN2O5S/c21-16-6-5-15(11-19(16)29(25,26)23-8-2-1-3-9-23)20(24)22-12-14-4-7-17-18(10-14)28-13-27-17/h4-7,10-11H,1-3,8-9,12-13H2,(H,22,24). The minimum atomic E-state index is -3.97. The van der Waals surface area contributed by atoms with Crippen molar-refractivity contribution in [2.45, 2.75) is 30.7 Å². The van der Waals surface area contributed by atoms with Crippen molar-refractivity contribution in [2.75, 3.05) is 19.9 Å². The summed E-state index contributed by atoms with van der Waals surface area (Å²) < 4.78 is 51.7. The summed E-state index contributed by atoms with van der Waals surface area (Å²) in [4.78, 5) is 12.1. The van der Waals surface area contributed by atoms with Gasteiger partial charge >= 0.3 is 0 Å². The number of halogens is 1. The van der Waals surface area contributed by atoms with Crippen LogP contribution in [0.25, 0.3) is 0 Å². The minimum Gasteiger partial charge on any atom is -0.454 e. The Kier molecular flexibility index (Phi) is 5.42. The molecule has 1 N–H and O–H groups in total. The summed E-state index contributed by atoms with van der Waals surface area (Å²) in [7, 11) is -3.97. The predicted molar refractivity (Wildman–Crippen MR) is 103 cm³/mol. The number of hydrogen-bond donors (Lipinski definition) is 1. The van der Waals surface area contributed by atoms with Crippen molar-refractivity contribution in [3.63, 3.8) is 0 Å². The van der Waals surface area contributed by atoms with Gasteiger partial charge in [0.05, 0.1) is 0 Å². The van der Waals surface area contributed by atoms with Gasteiger partial charge in [-0.25, -0.2) is 12.8 Å². The van der Waals surface area contributed by atoms with Gasteiger partial charge in [0.1, 0.15) is 10.7 Å². The zero-order valence-electron chi connectivity index (χ0n) is 15.7. The first-order valence-electron chi connectivity index (χ1n) is 9.41. The molecule has 0 aliphatic carbocycles. The second kappa shape index (κ2) is 8.00. The maximum absolute atomic E-state index is 14.3. The average molecular weight is 420 g/mol. The number of amides is 1. The van der Waals surface area contributed by atoms with E-state index in [4.69, 9.17) is 9.47 Å². The third kappa shape index (κ3) is 4.06. The van der Waals surface area contributed by atoms with E-state index in [1.807, 2.05) is 0 Å². The lowest BCUT2D eigenvalue weighted by Crippen LogP contribution is -2.36. The van der Waals surface area contributed by atoms with Gasteiger partial charge in [-0.3, -0.25) is 4.79 Å². The van der Waals surface area contributed by atoms with Crippen molar-refractivity contribution in [1.82, 2.24) is 9.62 Å². The summed E-state index contributed by atoms with van der Waals surface area (Å²) >= 11 is 0. The molecule has 0 radical (unpaired) electrons. The fourth-order valence-corrected chi connectivity index (χ4v) is 5.03. The number of hydrogen-bond acceptors (Lipinski definition) is 5. The van der Waals surface area contributed by atoms with E-state index in [9.17, 15) is 17.6 Å². The SMILES string of the molecule is O=C(NCc1ccc2c(c1)OCO2)c1ccc(F)c(S(=O)(=O)N2CCCCC2)c1. The zero-order valence-corrected chi connectivity index (χ0v) is 16.5. The molecule has 2 aromatic carbocycles. The van der Waals surface area contributed by atoms with Gasteiger partial charge in [0.25, 0.3) is 5.91 Å². The van der Waals surface area contributed by atoms with Crippen LogP contribution in [0.2, 0.25) is 0 Å². The fraction of sp³-hybridized carbons (Fsp3) is 0.350. The first kappa shape index (κ1) is 19.7. The molecule has 7 nitrogen and oxygen atoms in total. The van der Waals surface area contributed by atoms with Crippen LogP contribution in [0.4, 0.5) is 4.39 Å². The Bertz CT molecular complexity index is 1040. The van der Waals surface area contributed by atoms with Gasteiger partial charge in [0, 0.05) is 25.2 Å². The third-order valence-electron chi connectivity index (χ3n) is 5.02. The molecule has 154 valence electrons. The predicted octanol–water partition coefficient (Wildman–Crippen LogP) is 2.66. The Morgan fingerprint density at radius 3 is 2.59 bits per heavy atom. The van der Waals surface area contributed by atoms with Crippen molar-refractivity contribution in [2.24, 2.45) is 0 Å². The lowest BCUT2D eigenvalue weighted by atomic mass is 10.1. The minimum absolute atomic E-state index is 0.0859. The number of fused-ring (bicyclic) bond motifs is 1. The number of carbonyl (C=O) groups excluding carboxylic acids is 1. The van der Waals surface area contributed by atoms with Crippen molar-refractivity contribution >= 4 is 15.9 Å². The van der Waals surface area contributed by atoms with Crippen LogP contribution in [-0.4, -0.2) is 38.5 Å². The van der Waals surface area contributed by atoms with Crippen LogP contribution in [0.15, 0.2) is 41.3 Å². The molecular formula is C20H21FN2O5S. The Hall–Kier alpha value is -2.65. The first-order valence-corrected chi connectivity index (χ1v) is 10.9. The highest BCUT2D eigenvalue weighted by atomic mass is 32.2. The van der Waals surface area contributed by atoms with Gasteiger partial charge in [-0.1, -0.05) is 12.5 Å². The van der Waals surface area contributed by atoms with E-state index >= 15 is 0 Å². The van der Waals surface area contributed by atoms with Gasteiger partial charge < -0.3 is 14.8 Å². The van der Waals surface area contributed by atoms with E-state index in [2.05, 4.69) is 5.32 Å². The van der Waals surface area contributed by atoms with E-state index in [0.29, 0.717) is 24.6 Å². The molecule has 4 rings (SSSR count). The topological polar surface area (TPSA) is 84.9 Å². The van der Waals surface area contributed by atoms with E-state index in [1.54, 1.807) is 18.2 Å². The molecule has 2 heterocycles. The van der Waals surface area contributed by atoms with Crippen molar-refractivity contribution in [3.8, 4) is 11.5 Å². The smallest absolute Gasteiger partial charge is 0.251 e. The lowest BCUT2D eigenvalue weighted by Gasteiger charge is -2.26. The van der Waals surface area contributed by atoms with Crippen LogP contribution in [0.3, 0.4) is 0 Å². The molecule has 0 bridgehead atoms. The third-order valence-corrected chi connectivity index (χ3v) is 6.93. The lowest BCUT2D eigenvalue weighted by molar-refractivity contribution is 0.0950. The van der Waals surface area contributed by atoms with E-state index < -0.39 is 26.6 Å². The van der Waals surface area contributed by atoms with Gasteiger partial charge in [-0.2, -0.15) is 4.31 Å². The summed E-state index contributed by atoms with van der Waals surface area (Å²) in [5.41, 5.74) is 0.883. The quantitative estimate of drug-likeness (QED) is 0.804. The molecule has 2 aliphatic rings. The number of nitrogens with one attached hydrogen (secondary N) is 1. The van der Waals surface area contributed by atoms with E-state index in [-0.39, 0.29) is 18.9 Å². The van der Waals surface area contributed by atoms with Crippen molar-refractivity contribution in [1.29, 1.82) is 0 Å². The maximum Gasteiger partial charge on any atom is 0.251 e. The Morgan fingerprint density at radius 2 is 1.79 bits per heavy atom. The second-order valence-corrected chi connectivity index (χ2v) is 8.89. The summed E-state index contributed by atoms with van der Waals surface area (Å²) in [6, 6.07) is 8.72. The van der Waals surface area contributed by atoms with Crippen LogP contribution in [-0.2, 0) is 16.6 Å². The van der Waals surface area contributed by atoms with Crippen LogP contribution in [0.5, 0.6) is 11.5 Å². The normalized spacial score (nSPS) is 16.6. The number of carbonyl (C=O) groups is 1. The fourth-order valence-electron chi connectivity index (χ4n) is 3.42. The van der Waals surface area contributed by atoms with Gasteiger partial charge in [0.2, 0.25) is 16.8 Å². The molecule has 1 saturated heterocycles. The number of ether oxygens (including phenoxy) is 2. The summed E-state index contributed by atoms with van der Waals surface area (Å²) in [6.07, 6.45) is 2.45. The molecule has 2 aliphatic heterocycles. The Labute approximate surface area is 168 Å². The molecule has 0 spiro atoms. The summed E-state index contributed by atoms with van der Waals surface area (Å²) in [6.45, 7) is 1.10. The average Bonchev–Trinajstić information content (AvgIpc) is 3.20. The van der Waals surface area contributed by atoms with Crippen LogP contribution in [0, 0.1) is 5.82 Å². The van der Waals surface area contributed by atoms with Gasteiger partial charge in [0.15, 0.2) is 11.5 Å². The van der Waals surface area contributed by atoms with Gasteiger partial charge in [-0.05, 0) is 48.7 Å². The highest BCUT2D eigenvalue weighted by Crippen LogP contribution is 2.32. The van der Waals surface area contributed by atoms with Crippen molar-refractivity contribution < 1.29 is 27.1 Å². The molecule has 0 unspecified atom stereocenters. The van der Waals surface area contributed by atoms with Gasteiger partial charge in [-0.15, -0.1) is 0 Å². The van der Waals surface area contributed by atoms with Crippen LogP contribution >= 0.6 is 0 Å². The molecule has 9 heteroatoms. The number of nitrogens with zero attached hydrogens (tertiary/aromatic N) is 1. The Balaban J connectivity index is 1.50. The van der Waals surface area contributed by atoms with Crippen LogP contribution in [0.1, 0.15) is 35.2 Å². The molecule has 0 atom stereocenters. The number of rotatable bonds is 5. The van der Waals surface area contributed by atoms with E-state index in [0.717, 1.165) is 37.0 Å². The van der Waals surface area contributed by atoms with Crippen LogP contribution < -0.4 is 14.8 Å². The number of piperidine rings is 1. The monoisotopic (exact) mass is 420 g/mol.